The van der Waals surface area contributed by atoms with Crippen LogP contribution in [0.25, 0.3) is 0 Å². The summed E-state index contributed by atoms with van der Waals surface area (Å²) in [6, 6.07) is 0. The van der Waals surface area contributed by atoms with Crippen molar-refractivity contribution in [3.05, 3.63) is 0 Å². The first-order chi connectivity index (χ1) is 4.81. The summed E-state index contributed by atoms with van der Waals surface area (Å²) in [6.45, 7) is 9.88. The molecule has 0 aromatic heterocycles. The Morgan fingerprint density at radius 3 is 2.09 bits per heavy atom. The maximum atomic E-state index is 11.1. The topological polar surface area (TPSA) is 26.3 Å². The van der Waals surface area contributed by atoms with Gasteiger partial charge in [0.15, 0.2) is 0 Å². The predicted octanol–water partition coefficient (Wildman–Crippen LogP) is 2.45. The molecule has 0 aromatic carbocycles. The van der Waals surface area contributed by atoms with Gasteiger partial charge >= 0.3 is 78.8 Å². The Morgan fingerprint density at radius 1 is 1.36 bits per heavy atom. The molecule has 2 nitrogen and oxygen atoms in total. The summed E-state index contributed by atoms with van der Waals surface area (Å²) in [4.78, 5) is 11.1. The van der Waals surface area contributed by atoms with Crippen LogP contribution in [0.15, 0.2) is 0 Å². The number of carbonyl (C=O) groups is 1. The molecule has 0 aliphatic rings. The zero-order valence-corrected chi connectivity index (χ0v) is 10.7. The van der Waals surface area contributed by atoms with Crippen molar-refractivity contribution >= 4 is 25.1 Å². The number of ether oxygens (including phenoxy) is 1. The van der Waals surface area contributed by atoms with Gasteiger partial charge in [-0.1, -0.05) is 0 Å². The van der Waals surface area contributed by atoms with E-state index in [0.717, 1.165) is 0 Å². The fraction of sp³-hybridized carbons (Fsp3) is 0.875. The molecule has 0 N–H and O–H groups in total. The third kappa shape index (κ3) is 8.17. The Kier molecular flexibility index (Phi) is 4.44. The van der Waals surface area contributed by atoms with E-state index in [1.165, 1.54) is 0 Å². The van der Waals surface area contributed by atoms with Crippen LogP contribution >= 0.6 is 0 Å². The Balaban J connectivity index is 3.71. The van der Waals surface area contributed by atoms with Crippen molar-refractivity contribution < 1.29 is 9.53 Å². The van der Waals surface area contributed by atoms with E-state index >= 15 is 0 Å². The van der Waals surface area contributed by atoms with Crippen LogP contribution in [-0.2, 0) is 4.74 Å². The van der Waals surface area contributed by atoms with Crippen molar-refractivity contribution in [1.29, 1.82) is 0 Å². The summed E-state index contributed by atoms with van der Waals surface area (Å²) in [5.41, 5.74) is -0.299. The number of hydrogen-bond acceptors (Lipinski definition) is 2. The zero-order chi connectivity index (χ0) is 9.07. The summed E-state index contributed by atoms with van der Waals surface area (Å²) in [7, 11) is 0. The van der Waals surface area contributed by atoms with Crippen molar-refractivity contribution in [3.8, 4) is 0 Å². The fourth-order valence-electron chi connectivity index (χ4n) is 0.543. The molecule has 64 valence electrons. The molecular formula is C8H16O2Sn. The Hall–Kier alpha value is 0.269. The summed E-state index contributed by atoms with van der Waals surface area (Å²) in [6.07, 6.45) is 0. The molecule has 0 saturated heterocycles. The monoisotopic (exact) mass is 264 g/mol. The molecule has 0 saturated carbocycles. The predicted molar refractivity (Wildman–Crippen MR) is 47.1 cm³/mol. The van der Waals surface area contributed by atoms with Crippen LogP contribution in [0.4, 0.5) is 4.79 Å². The minimum absolute atomic E-state index is 0.0658. The molecule has 0 atom stereocenters. The summed E-state index contributed by atoms with van der Waals surface area (Å²) in [5.74, 6) is 0. The first-order valence-electron chi connectivity index (χ1n) is 3.81. The molecule has 2 radical (unpaired) electrons. The van der Waals surface area contributed by atoms with E-state index in [2.05, 4.69) is 13.8 Å². The van der Waals surface area contributed by atoms with Gasteiger partial charge in [0.1, 0.15) is 0 Å². The molecule has 0 bridgehead atoms. The molecule has 0 fully saturated rings. The van der Waals surface area contributed by atoms with Crippen molar-refractivity contribution in [2.45, 2.75) is 44.2 Å². The third-order valence-electron chi connectivity index (χ3n) is 0.805. The van der Waals surface area contributed by atoms with E-state index in [1.807, 2.05) is 20.8 Å². The Labute approximate surface area is 78.9 Å². The van der Waals surface area contributed by atoms with Crippen LogP contribution in [0.2, 0.25) is 3.93 Å². The zero-order valence-electron chi connectivity index (χ0n) is 7.89. The van der Waals surface area contributed by atoms with Crippen molar-refractivity contribution in [2.24, 2.45) is 0 Å². The van der Waals surface area contributed by atoms with Gasteiger partial charge in [0.05, 0.1) is 0 Å². The van der Waals surface area contributed by atoms with Crippen molar-refractivity contribution in [2.75, 3.05) is 0 Å². The second-order valence-electron chi connectivity index (χ2n) is 3.80. The van der Waals surface area contributed by atoms with E-state index in [1.54, 1.807) is 0 Å². The molecule has 0 heterocycles. The molecule has 0 aliphatic carbocycles. The van der Waals surface area contributed by atoms with E-state index in [4.69, 9.17) is 4.74 Å². The molecule has 0 aliphatic heterocycles. The van der Waals surface area contributed by atoms with Gasteiger partial charge in [0.25, 0.3) is 0 Å². The van der Waals surface area contributed by atoms with Gasteiger partial charge in [-0.3, -0.25) is 0 Å². The van der Waals surface area contributed by atoms with Gasteiger partial charge in [-0.25, -0.2) is 0 Å². The third-order valence-corrected chi connectivity index (χ3v) is 3.42. The quantitative estimate of drug-likeness (QED) is 0.715. The van der Waals surface area contributed by atoms with Crippen molar-refractivity contribution in [1.82, 2.24) is 0 Å². The van der Waals surface area contributed by atoms with Crippen molar-refractivity contribution in [3.63, 3.8) is 0 Å². The average molecular weight is 263 g/mol. The number of hydrogen-bond donors (Lipinski definition) is 0. The number of rotatable bonds is 2. The van der Waals surface area contributed by atoms with Gasteiger partial charge in [0, 0.05) is 0 Å². The maximum absolute atomic E-state index is 11.1. The van der Waals surface area contributed by atoms with Crippen LogP contribution in [0, 0.1) is 0 Å². The average Bonchev–Trinajstić information content (AvgIpc) is 1.53. The molecule has 0 unspecified atom stereocenters. The van der Waals surface area contributed by atoms with E-state index in [9.17, 15) is 4.79 Å². The first kappa shape index (κ1) is 11.3. The van der Waals surface area contributed by atoms with Gasteiger partial charge < -0.3 is 0 Å². The summed E-state index contributed by atoms with van der Waals surface area (Å²) < 4.78 is 5.80. The van der Waals surface area contributed by atoms with Gasteiger partial charge in [0.2, 0.25) is 0 Å². The van der Waals surface area contributed by atoms with Crippen LogP contribution in [0.5, 0.6) is 0 Å². The SMILES string of the molecule is C[CH](C)[Sn][C](=O)OC(C)(C)C. The molecule has 0 aromatic rings. The molecular weight excluding hydrogens is 247 g/mol. The molecule has 3 heteroatoms. The minimum atomic E-state index is -0.935. The van der Waals surface area contributed by atoms with Crippen LogP contribution < -0.4 is 0 Å². The Morgan fingerprint density at radius 2 is 1.82 bits per heavy atom. The molecule has 0 rings (SSSR count). The first-order valence-corrected chi connectivity index (χ1v) is 6.88. The summed E-state index contributed by atoms with van der Waals surface area (Å²) in [5, 5.41) is 0. The van der Waals surface area contributed by atoms with E-state index in [0.29, 0.717) is 3.93 Å². The Bertz CT molecular complexity index is 136. The molecule has 0 spiro atoms. The van der Waals surface area contributed by atoms with E-state index < -0.39 is 21.1 Å². The normalized spacial score (nSPS) is 11.8. The second-order valence-corrected chi connectivity index (χ2v) is 9.09. The molecule has 0 amide bonds. The van der Waals surface area contributed by atoms with E-state index in [-0.39, 0.29) is 9.59 Å². The second kappa shape index (κ2) is 4.33. The van der Waals surface area contributed by atoms with Gasteiger partial charge in [-0.2, -0.15) is 0 Å². The van der Waals surface area contributed by atoms with Gasteiger partial charge in [-0.15, -0.1) is 0 Å². The fourth-order valence-corrected chi connectivity index (χ4v) is 2.93. The number of carbonyl (C=O) groups excluding carboxylic acids is 1. The molecule has 11 heavy (non-hydrogen) atoms. The van der Waals surface area contributed by atoms with Crippen LogP contribution in [-0.4, -0.2) is 30.7 Å². The van der Waals surface area contributed by atoms with Crippen LogP contribution in [0.3, 0.4) is 0 Å². The standard InChI is InChI=1S/C5H9O2.C3H7.Sn/c1-5(2,3)7-4-6;1-3-2;/h1-3H3;3H,1-2H3;. The van der Waals surface area contributed by atoms with Gasteiger partial charge in [-0.05, 0) is 0 Å². The summed E-state index contributed by atoms with van der Waals surface area (Å²) >= 11 is -0.935. The van der Waals surface area contributed by atoms with Crippen LogP contribution in [0.1, 0.15) is 34.6 Å².